The zero-order chi connectivity index (χ0) is 25.0. The Balaban J connectivity index is 0.000000253. The first kappa shape index (κ1) is 22.8. The molecule has 0 radical (unpaired) electrons. The molecule has 3 aliphatic heterocycles. The molecule has 1 amide bonds. The molecule has 0 aliphatic carbocycles. The van der Waals surface area contributed by atoms with Gasteiger partial charge >= 0.3 is 0 Å². The van der Waals surface area contributed by atoms with Crippen molar-refractivity contribution in [2.75, 3.05) is 19.4 Å². The molecular formula is C28H31N5O3. The Morgan fingerprint density at radius 1 is 1.17 bits per heavy atom. The van der Waals surface area contributed by atoms with E-state index in [0.29, 0.717) is 35.2 Å². The number of anilines is 1. The molecule has 3 aliphatic rings. The van der Waals surface area contributed by atoms with Crippen LogP contribution in [0.4, 0.5) is 5.82 Å². The lowest BCUT2D eigenvalue weighted by molar-refractivity contribution is 0.0283. The summed E-state index contributed by atoms with van der Waals surface area (Å²) in [6, 6.07) is 11.4. The molecule has 0 saturated carbocycles. The van der Waals surface area contributed by atoms with Crippen LogP contribution in [0.1, 0.15) is 60.1 Å². The standard InChI is InChI=1S/C21H19N5O2.C7H12O/c1-12-3-5-14-18(10-28-19(14)7-12)25(2)21(27)13-4-6-15-16(8-13)26-11-23-9-17(26)20(22)24-15;1-7-4-2-6(8-7)3-5-7/h3-9,11,18H,10H2,1-2H3,(H2,22,24);6H,2-5H2,1H3. The van der Waals surface area contributed by atoms with Crippen LogP contribution in [0.3, 0.4) is 0 Å². The Morgan fingerprint density at radius 2 is 1.97 bits per heavy atom. The second kappa shape index (κ2) is 8.48. The number of fused-ring (bicyclic) bond motifs is 6. The highest BCUT2D eigenvalue weighted by Crippen LogP contribution is 2.42. The van der Waals surface area contributed by atoms with Gasteiger partial charge in [-0.15, -0.1) is 0 Å². The number of hydrogen-bond donors (Lipinski definition) is 1. The number of aryl methyl sites for hydroxylation is 1. The van der Waals surface area contributed by atoms with Gasteiger partial charge in [-0.1, -0.05) is 12.1 Å². The zero-order valence-electron chi connectivity index (χ0n) is 20.9. The first-order valence-electron chi connectivity index (χ1n) is 12.5. The van der Waals surface area contributed by atoms with Crippen LogP contribution < -0.4 is 10.5 Å². The maximum absolute atomic E-state index is 13.2. The maximum Gasteiger partial charge on any atom is 0.254 e. The van der Waals surface area contributed by atoms with Crippen LogP contribution in [0.15, 0.2) is 48.9 Å². The number of imidazole rings is 1. The van der Waals surface area contributed by atoms with Gasteiger partial charge in [0.05, 0.1) is 41.3 Å². The summed E-state index contributed by atoms with van der Waals surface area (Å²) in [6.07, 6.45) is 9.22. The van der Waals surface area contributed by atoms with Gasteiger partial charge in [-0.2, -0.15) is 0 Å². The number of likely N-dealkylation sites (N-methyl/N-ethyl adjacent to an activating group) is 1. The molecule has 7 rings (SSSR count). The van der Waals surface area contributed by atoms with Gasteiger partial charge in [0.25, 0.3) is 5.91 Å². The fourth-order valence-electron chi connectivity index (χ4n) is 5.61. The van der Waals surface area contributed by atoms with Crippen LogP contribution in [-0.4, -0.2) is 50.5 Å². The number of nitrogen functional groups attached to an aromatic ring is 1. The molecule has 36 heavy (non-hydrogen) atoms. The Kier molecular flexibility index (Phi) is 5.37. The molecular weight excluding hydrogens is 454 g/mol. The molecule has 186 valence electrons. The van der Waals surface area contributed by atoms with E-state index in [1.54, 1.807) is 23.5 Å². The van der Waals surface area contributed by atoms with E-state index in [0.717, 1.165) is 27.9 Å². The van der Waals surface area contributed by atoms with Crippen molar-refractivity contribution in [3.05, 3.63) is 65.6 Å². The van der Waals surface area contributed by atoms with Crippen LogP contribution in [0.25, 0.3) is 16.6 Å². The lowest BCUT2D eigenvalue weighted by Crippen LogP contribution is -2.32. The predicted octanol–water partition coefficient (Wildman–Crippen LogP) is 4.70. The average Bonchev–Trinajstić information content (AvgIpc) is 3.66. The molecule has 2 aromatic heterocycles. The number of benzene rings is 2. The van der Waals surface area contributed by atoms with E-state index in [4.69, 9.17) is 15.2 Å². The fourth-order valence-corrected chi connectivity index (χ4v) is 5.61. The number of nitrogens with zero attached hydrogens (tertiary/aromatic N) is 4. The van der Waals surface area contributed by atoms with Gasteiger partial charge in [-0.3, -0.25) is 9.20 Å². The number of aromatic nitrogens is 3. The monoisotopic (exact) mass is 485 g/mol. The molecule has 2 bridgehead atoms. The van der Waals surface area contributed by atoms with Crippen molar-refractivity contribution in [3.63, 3.8) is 0 Å². The van der Waals surface area contributed by atoms with Gasteiger partial charge in [-0.25, -0.2) is 9.97 Å². The van der Waals surface area contributed by atoms with Gasteiger partial charge < -0.3 is 20.1 Å². The second-order valence-corrected chi connectivity index (χ2v) is 10.4. The number of hydrogen-bond acceptors (Lipinski definition) is 6. The van der Waals surface area contributed by atoms with Gasteiger partial charge in [-0.05, 0) is 69.4 Å². The summed E-state index contributed by atoms with van der Waals surface area (Å²) < 4.78 is 13.3. The quantitative estimate of drug-likeness (QED) is 0.442. The van der Waals surface area contributed by atoms with E-state index in [9.17, 15) is 4.79 Å². The van der Waals surface area contributed by atoms with Crippen LogP contribution in [0, 0.1) is 6.92 Å². The fraction of sp³-hybridized carbons (Fsp3) is 0.393. The summed E-state index contributed by atoms with van der Waals surface area (Å²) in [5.74, 6) is 1.19. The van der Waals surface area contributed by atoms with Crippen molar-refractivity contribution < 1.29 is 14.3 Å². The Hall–Kier alpha value is -3.65. The highest BCUT2D eigenvalue weighted by Gasteiger charge is 2.42. The minimum Gasteiger partial charge on any atom is -0.491 e. The van der Waals surface area contributed by atoms with Crippen molar-refractivity contribution in [2.24, 2.45) is 0 Å². The first-order valence-corrected chi connectivity index (χ1v) is 12.5. The molecule has 0 spiro atoms. The van der Waals surface area contributed by atoms with Gasteiger partial charge in [0.1, 0.15) is 23.7 Å². The minimum atomic E-state index is -0.114. The number of nitrogens with two attached hydrogens (primary N) is 1. The highest BCUT2D eigenvalue weighted by atomic mass is 16.5. The molecule has 2 fully saturated rings. The molecule has 4 aromatic rings. The van der Waals surface area contributed by atoms with Crippen molar-refractivity contribution in [3.8, 4) is 5.75 Å². The predicted molar refractivity (Wildman–Crippen MR) is 138 cm³/mol. The molecule has 8 heteroatoms. The highest BCUT2D eigenvalue weighted by molar-refractivity contribution is 5.98. The largest absolute Gasteiger partial charge is 0.491 e. The minimum absolute atomic E-state index is 0.0750. The topological polar surface area (TPSA) is 95.0 Å². The van der Waals surface area contributed by atoms with Gasteiger partial charge in [0.15, 0.2) is 0 Å². The average molecular weight is 486 g/mol. The Morgan fingerprint density at radius 3 is 2.67 bits per heavy atom. The van der Waals surface area contributed by atoms with E-state index in [2.05, 4.69) is 16.9 Å². The smallest absolute Gasteiger partial charge is 0.254 e. The lowest BCUT2D eigenvalue weighted by Gasteiger charge is -2.24. The summed E-state index contributed by atoms with van der Waals surface area (Å²) in [6.45, 7) is 4.72. The van der Waals surface area contributed by atoms with E-state index in [1.807, 2.05) is 48.7 Å². The molecule has 5 heterocycles. The summed E-state index contributed by atoms with van der Waals surface area (Å²) in [4.78, 5) is 23.5. The Labute approximate surface area is 210 Å². The van der Waals surface area contributed by atoms with Crippen molar-refractivity contribution >= 4 is 28.3 Å². The lowest BCUT2D eigenvalue weighted by atomic mass is 9.91. The maximum atomic E-state index is 13.2. The number of rotatable bonds is 2. The molecule has 2 aromatic carbocycles. The zero-order valence-corrected chi connectivity index (χ0v) is 20.9. The number of carbonyl (C=O) groups excluding carboxylic acids is 1. The second-order valence-electron chi connectivity index (χ2n) is 10.4. The van der Waals surface area contributed by atoms with E-state index in [-0.39, 0.29) is 11.9 Å². The van der Waals surface area contributed by atoms with Crippen molar-refractivity contribution in [1.29, 1.82) is 0 Å². The third kappa shape index (κ3) is 3.86. The summed E-state index contributed by atoms with van der Waals surface area (Å²) in [7, 11) is 1.81. The van der Waals surface area contributed by atoms with Crippen molar-refractivity contribution in [2.45, 2.75) is 57.3 Å². The van der Waals surface area contributed by atoms with Crippen molar-refractivity contribution in [1.82, 2.24) is 19.3 Å². The van der Waals surface area contributed by atoms with Crippen LogP contribution in [-0.2, 0) is 4.74 Å². The van der Waals surface area contributed by atoms with E-state index < -0.39 is 0 Å². The van der Waals surface area contributed by atoms with Gasteiger partial charge in [0.2, 0.25) is 0 Å². The van der Waals surface area contributed by atoms with Crippen LogP contribution >= 0.6 is 0 Å². The van der Waals surface area contributed by atoms with Crippen LogP contribution in [0.2, 0.25) is 0 Å². The third-order valence-corrected chi connectivity index (χ3v) is 7.78. The van der Waals surface area contributed by atoms with E-state index >= 15 is 0 Å². The number of amides is 1. The normalized spacial score (nSPS) is 23.9. The van der Waals surface area contributed by atoms with E-state index in [1.165, 1.54) is 25.7 Å². The SMILES string of the molecule is CC12CCC(CC1)O2.Cc1ccc2c(c1)OCC2N(C)C(=O)c1ccc2nc(N)c3cncn3c2c1. The molecule has 1 unspecified atom stereocenters. The third-order valence-electron chi connectivity index (χ3n) is 7.78. The molecule has 8 nitrogen and oxygen atoms in total. The molecule has 1 atom stereocenters. The number of ether oxygens (including phenoxy) is 2. The Bertz CT molecular complexity index is 1470. The summed E-state index contributed by atoms with van der Waals surface area (Å²) in [5, 5.41) is 0. The summed E-state index contributed by atoms with van der Waals surface area (Å²) >= 11 is 0. The first-order chi connectivity index (χ1) is 17.3. The molecule has 2 saturated heterocycles. The molecule has 2 N–H and O–H groups in total. The summed E-state index contributed by atoms with van der Waals surface area (Å²) in [5.41, 5.74) is 11.3. The van der Waals surface area contributed by atoms with Gasteiger partial charge in [0, 0.05) is 18.2 Å². The van der Waals surface area contributed by atoms with Crippen LogP contribution in [0.5, 0.6) is 5.75 Å². The number of carbonyl (C=O) groups is 1.